The first-order valence-electron chi connectivity index (χ1n) is 5.92. The number of nitrogens with zero attached hydrogens (tertiary/aromatic N) is 1. The lowest BCUT2D eigenvalue weighted by Gasteiger charge is -2.18. The Morgan fingerprint density at radius 2 is 2.05 bits per heavy atom. The summed E-state index contributed by atoms with van der Waals surface area (Å²) in [5.74, 6) is -0.164. The molecule has 0 aliphatic heterocycles. The number of hydrogen-bond donors (Lipinski definition) is 1. The second-order valence-corrected chi connectivity index (χ2v) is 6.09. The molecule has 0 amide bonds. The zero-order valence-electron chi connectivity index (χ0n) is 11.3. The standard InChI is InChI=1S/C14H20N2O2S/c1-4-5-6-9-13-12(11-19(15,17)18)8-7-10-14(13)16(2)3/h4,6-10H,1,5,11H2,2-3H3,(H2,15,17,18). The first-order chi connectivity index (χ1) is 8.85. The van der Waals surface area contributed by atoms with Crippen molar-refractivity contribution < 1.29 is 8.42 Å². The normalized spacial score (nSPS) is 11.7. The molecule has 0 bridgehead atoms. The summed E-state index contributed by atoms with van der Waals surface area (Å²) in [6, 6.07) is 5.56. The molecule has 4 nitrogen and oxygen atoms in total. The smallest absolute Gasteiger partial charge is 0.213 e. The van der Waals surface area contributed by atoms with Gasteiger partial charge in [-0.3, -0.25) is 0 Å². The summed E-state index contributed by atoms with van der Waals surface area (Å²) in [5, 5.41) is 5.14. The third-order valence-corrected chi connectivity index (χ3v) is 3.31. The van der Waals surface area contributed by atoms with Crippen LogP contribution in [0.3, 0.4) is 0 Å². The van der Waals surface area contributed by atoms with E-state index in [0.717, 1.165) is 17.7 Å². The average molecular weight is 280 g/mol. The minimum atomic E-state index is -3.55. The van der Waals surface area contributed by atoms with Crippen molar-refractivity contribution in [1.82, 2.24) is 0 Å². The molecule has 1 rings (SSSR count). The van der Waals surface area contributed by atoms with Gasteiger partial charge in [-0.25, -0.2) is 13.6 Å². The first-order valence-corrected chi connectivity index (χ1v) is 7.64. The van der Waals surface area contributed by atoms with Gasteiger partial charge >= 0.3 is 0 Å². The van der Waals surface area contributed by atoms with Crippen LogP contribution in [-0.4, -0.2) is 22.5 Å². The number of anilines is 1. The van der Waals surface area contributed by atoms with Crippen LogP contribution in [0.5, 0.6) is 0 Å². The number of hydrogen-bond acceptors (Lipinski definition) is 3. The molecule has 0 saturated heterocycles. The van der Waals surface area contributed by atoms with Crippen LogP contribution in [0, 0.1) is 0 Å². The minimum Gasteiger partial charge on any atom is -0.377 e. The lowest BCUT2D eigenvalue weighted by Crippen LogP contribution is -2.17. The molecule has 0 saturated carbocycles. The molecule has 0 fully saturated rings. The summed E-state index contributed by atoms with van der Waals surface area (Å²) in [5.41, 5.74) is 2.54. The van der Waals surface area contributed by atoms with E-state index in [2.05, 4.69) is 6.58 Å². The fraction of sp³-hybridized carbons (Fsp3) is 0.286. The zero-order chi connectivity index (χ0) is 14.5. The second-order valence-electron chi connectivity index (χ2n) is 4.48. The number of nitrogens with two attached hydrogens (primary N) is 1. The molecular formula is C14H20N2O2S. The summed E-state index contributed by atoms with van der Waals surface area (Å²) in [4.78, 5) is 1.94. The van der Waals surface area contributed by atoms with E-state index in [4.69, 9.17) is 5.14 Å². The number of benzene rings is 1. The second kappa shape index (κ2) is 6.54. The number of rotatable bonds is 6. The highest BCUT2D eigenvalue weighted by atomic mass is 32.2. The highest BCUT2D eigenvalue weighted by Gasteiger charge is 2.12. The third-order valence-electron chi connectivity index (χ3n) is 2.60. The van der Waals surface area contributed by atoms with Gasteiger partial charge in [0, 0.05) is 25.3 Å². The van der Waals surface area contributed by atoms with Gasteiger partial charge in [0.15, 0.2) is 0 Å². The number of allylic oxidation sites excluding steroid dienone is 2. The Labute approximate surface area is 115 Å². The van der Waals surface area contributed by atoms with Crippen molar-refractivity contribution >= 4 is 21.8 Å². The van der Waals surface area contributed by atoms with E-state index in [0.29, 0.717) is 5.56 Å². The molecule has 2 N–H and O–H groups in total. The molecule has 1 aromatic rings. The van der Waals surface area contributed by atoms with Crippen LogP contribution in [0.2, 0.25) is 0 Å². The Morgan fingerprint density at radius 1 is 1.37 bits per heavy atom. The number of primary sulfonamides is 1. The Hall–Kier alpha value is -1.59. The van der Waals surface area contributed by atoms with Crippen LogP contribution in [0.4, 0.5) is 5.69 Å². The quantitative estimate of drug-likeness (QED) is 0.812. The van der Waals surface area contributed by atoms with E-state index in [9.17, 15) is 8.42 Å². The molecule has 0 aromatic heterocycles. The van der Waals surface area contributed by atoms with Crippen molar-refractivity contribution in [2.45, 2.75) is 12.2 Å². The lowest BCUT2D eigenvalue weighted by atomic mass is 10.0. The third kappa shape index (κ3) is 4.89. The molecule has 104 valence electrons. The Kier molecular flexibility index (Phi) is 5.32. The SMILES string of the molecule is C=CCC=Cc1c(CS(N)(=O)=O)cccc1N(C)C. The van der Waals surface area contributed by atoms with E-state index in [1.54, 1.807) is 12.1 Å². The molecular weight excluding hydrogens is 260 g/mol. The van der Waals surface area contributed by atoms with Crippen LogP contribution in [0.15, 0.2) is 36.9 Å². The van der Waals surface area contributed by atoms with Crippen molar-refractivity contribution in [3.63, 3.8) is 0 Å². The number of sulfonamides is 1. The highest BCUT2D eigenvalue weighted by molar-refractivity contribution is 7.88. The summed E-state index contributed by atoms with van der Waals surface area (Å²) in [7, 11) is 0.290. The molecule has 0 spiro atoms. The van der Waals surface area contributed by atoms with Gasteiger partial charge in [0.05, 0.1) is 5.75 Å². The van der Waals surface area contributed by atoms with Crippen LogP contribution in [0.1, 0.15) is 17.5 Å². The van der Waals surface area contributed by atoms with E-state index >= 15 is 0 Å². The van der Waals surface area contributed by atoms with Crippen LogP contribution in [0.25, 0.3) is 6.08 Å². The predicted octanol–water partition coefficient (Wildman–Crippen LogP) is 2.13. The van der Waals surface area contributed by atoms with Gasteiger partial charge in [0.2, 0.25) is 10.0 Å². The maximum atomic E-state index is 11.3. The lowest BCUT2D eigenvalue weighted by molar-refractivity contribution is 0.597. The Bertz CT molecular complexity index is 575. The van der Waals surface area contributed by atoms with Gasteiger partial charge in [-0.1, -0.05) is 30.4 Å². The van der Waals surface area contributed by atoms with Crippen molar-refractivity contribution in [2.24, 2.45) is 5.14 Å². The molecule has 0 atom stereocenters. The Morgan fingerprint density at radius 3 is 2.58 bits per heavy atom. The molecule has 0 radical (unpaired) electrons. The van der Waals surface area contributed by atoms with Gasteiger partial charge in [0.1, 0.15) is 0 Å². The van der Waals surface area contributed by atoms with Crippen molar-refractivity contribution in [2.75, 3.05) is 19.0 Å². The highest BCUT2D eigenvalue weighted by Crippen LogP contribution is 2.25. The zero-order valence-corrected chi connectivity index (χ0v) is 12.2. The van der Waals surface area contributed by atoms with E-state index in [1.165, 1.54) is 0 Å². The molecule has 0 unspecified atom stereocenters. The summed E-state index contributed by atoms with van der Waals surface area (Å²) >= 11 is 0. The molecule has 0 heterocycles. The molecule has 0 aliphatic carbocycles. The van der Waals surface area contributed by atoms with Crippen LogP contribution >= 0.6 is 0 Å². The predicted molar refractivity (Wildman–Crippen MR) is 81.4 cm³/mol. The van der Waals surface area contributed by atoms with Crippen molar-refractivity contribution in [3.8, 4) is 0 Å². The van der Waals surface area contributed by atoms with Crippen LogP contribution < -0.4 is 10.0 Å². The monoisotopic (exact) mass is 280 g/mol. The topological polar surface area (TPSA) is 63.4 Å². The van der Waals surface area contributed by atoms with E-state index in [1.807, 2.05) is 43.3 Å². The van der Waals surface area contributed by atoms with Crippen molar-refractivity contribution in [1.29, 1.82) is 0 Å². The summed E-state index contributed by atoms with van der Waals surface area (Å²) in [6.07, 6.45) is 6.38. The van der Waals surface area contributed by atoms with Gasteiger partial charge < -0.3 is 4.90 Å². The van der Waals surface area contributed by atoms with Crippen LogP contribution in [-0.2, 0) is 15.8 Å². The maximum Gasteiger partial charge on any atom is 0.213 e. The van der Waals surface area contributed by atoms with Gasteiger partial charge in [-0.05, 0) is 18.1 Å². The molecule has 1 aromatic carbocycles. The molecule has 5 heteroatoms. The molecule has 19 heavy (non-hydrogen) atoms. The minimum absolute atomic E-state index is 0.164. The fourth-order valence-electron chi connectivity index (χ4n) is 1.81. The maximum absolute atomic E-state index is 11.3. The van der Waals surface area contributed by atoms with Gasteiger partial charge in [0.25, 0.3) is 0 Å². The van der Waals surface area contributed by atoms with E-state index < -0.39 is 10.0 Å². The Balaban J connectivity index is 3.29. The first kappa shape index (κ1) is 15.5. The van der Waals surface area contributed by atoms with Gasteiger partial charge in [-0.15, -0.1) is 6.58 Å². The largest absolute Gasteiger partial charge is 0.377 e. The molecule has 0 aliphatic rings. The fourth-order valence-corrected chi connectivity index (χ4v) is 2.49. The van der Waals surface area contributed by atoms with Crippen molar-refractivity contribution in [3.05, 3.63) is 48.1 Å². The average Bonchev–Trinajstić information content (AvgIpc) is 2.28. The summed E-state index contributed by atoms with van der Waals surface area (Å²) in [6.45, 7) is 3.65. The summed E-state index contributed by atoms with van der Waals surface area (Å²) < 4.78 is 22.6. The van der Waals surface area contributed by atoms with Gasteiger partial charge in [-0.2, -0.15) is 0 Å². The van der Waals surface area contributed by atoms with E-state index in [-0.39, 0.29) is 5.75 Å².